The minimum Gasteiger partial charge on any atom is -0.338 e. The topological polar surface area (TPSA) is 32.3 Å². The van der Waals surface area contributed by atoms with E-state index in [4.69, 9.17) is 0 Å². The van der Waals surface area contributed by atoms with Crippen LogP contribution in [0.2, 0.25) is 0 Å². The van der Waals surface area contributed by atoms with Gasteiger partial charge in [0, 0.05) is 24.5 Å². The molecule has 3 rings (SSSR count). The van der Waals surface area contributed by atoms with Gasteiger partial charge in [-0.15, -0.1) is 0 Å². The summed E-state index contributed by atoms with van der Waals surface area (Å²) in [6.45, 7) is 4.34. The molecule has 3 nitrogen and oxygen atoms in total. The molecule has 90 valence electrons. The normalized spacial score (nSPS) is 42.7. The van der Waals surface area contributed by atoms with Crippen LogP contribution in [0.25, 0.3) is 0 Å². The number of hydrogen-bond donors (Lipinski definition) is 1. The quantitative estimate of drug-likeness (QED) is 0.765. The summed E-state index contributed by atoms with van der Waals surface area (Å²) in [6, 6.07) is 1.09. The van der Waals surface area contributed by atoms with Crippen LogP contribution in [-0.2, 0) is 4.79 Å². The summed E-state index contributed by atoms with van der Waals surface area (Å²) >= 11 is 0. The van der Waals surface area contributed by atoms with Crippen LogP contribution in [0.15, 0.2) is 0 Å². The number of likely N-dealkylation sites (tertiary alicyclic amines) is 1. The van der Waals surface area contributed by atoms with Crippen LogP contribution in [0.1, 0.15) is 39.0 Å². The molecule has 0 radical (unpaired) electrons. The highest BCUT2D eigenvalue weighted by Gasteiger charge is 2.45. The van der Waals surface area contributed by atoms with Gasteiger partial charge in [-0.3, -0.25) is 4.79 Å². The van der Waals surface area contributed by atoms with Crippen molar-refractivity contribution >= 4 is 5.91 Å². The van der Waals surface area contributed by atoms with E-state index in [0.717, 1.165) is 19.5 Å². The van der Waals surface area contributed by atoms with Crippen LogP contribution in [0, 0.1) is 11.8 Å². The predicted octanol–water partition coefficient (Wildman–Crippen LogP) is 1.39. The maximum atomic E-state index is 12.3. The third-order valence-corrected chi connectivity index (χ3v) is 4.57. The first kappa shape index (κ1) is 10.6. The summed E-state index contributed by atoms with van der Waals surface area (Å²) in [5.74, 6) is 1.45. The molecule has 4 atom stereocenters. The lowest BCUT2D eigenvalue weighted by molar-refractivity contribution is -0.134. The zero-order valence-electron chi connectivity index (χ0n) is 10.1. The van der Waals surface area contributed by atoms with Crippen LogP contribution in [0.5, 0.6) is 0 Å². The first-order chi connectivity index (χ1) is 7.77. The molecule has 3 fully saturated rings. The Kier molecular flexibility index (Phi) is 2.66. The average molecular weight is 222 g/mol. The van der Waals surface area contributed by atoms with Crippen molar-refractivity contribution in [3.63, 3.8) is 0 Å². The molecule has 0 aromatic heterocycles. The van der Waals surface area contributed by atoms with Crippen molar-refractivity contribution in [1.29, 1.82) is 0 Å². The van der Waals surface area contributed by atoms with E-state index in [2.05, 4.69) is 17.1 Å². The van der Waals surface area contributed by atoms with Crippen LogP contribution in [-0.4, -0.2) is 36.0 Å². The molecule has 2 saturated heterocycles. The molecule has 1 N–H and O–H groups in total. The molecule has 0 aromatic rings. The van der Waals surface area contributed by atoms with Crippen molar-refractivity contribution in [1.82, 2.24) is 10.2 Å². The Hall–Kier alpha value is -0.570. The highest BCUT2D eigenvalue weighted by molar-refractivity contribution is 5.82. The molecule has 1 amide bonds. The monoisotopic (exact) mass is 222 g/mol. The van der Waals surface area contributed by atoms with E-state index >= 15 is 0 Å². The van der Waals surface area contributed by atoms with Crippen molar-refractivity contribution in [3.05, 3.63) is 0 Å². The molecule has 2 aliphatic heterocycles. The summed E-state index contributed by atoms with van der Waals surface area (Å²) in [5.41, 5.74) is 0. The van der Waals surface area contributed by atoms with Crippen LogP contribution >= 0.6 is 0 Å². The molecule has 0 spiro atoms. The lowest BCUT2D eigenvalue weighted by Crippen LogP contribution is -2.47. The molecule has 3 aliphatic rings. The van der Waals surface area contributed by atoms with E-state index in [0.29, 0.717) is 29.8 Å². The van der Waals surface area contributed by atoms with E-state index in [9.17, 15) is 4.79 Å². The minimum absolute atomic E-state index is 0.363. The average Bonchev–Trinajstić information content (AvgIpc) is 2.81. The van der Waals surface area contributed by atoms with Gasteiger partial charge in [0.25, 0.3) is 0 Å². The van der Waals surface area contributed by atoms with Crippen molar-refractivity contribution in [3.8, 4) is 0 Å². The summed E-state index contributed by atoms with van der Waals surface area (Å²) in [6.07, 6.45) is 6.08. The Balaban J connectivity index is 1.66. The fourth-order valence-corrected chi connectivity index (χ4v) is 3.40. The first-order valence-electron chi connectivity index (χ1n) is 6.81. The predicted molar refractivity (Wildman–Crippen MR) is 63.0 cm³/mol. The standard InChI is InChI=1S/C13H22N2O/c1-9-8-10(9)13(16)15-7-3-5-12(15)11-4-2-6-14-11/h9-12,14H,2-8H2,1H3. The van der Waals surface area contributed by atoms with Crippen LogP contribution < -0.4 is 5.32 Å². The summed E-state index contributed by atoms with van der Waals surface area (Å²) < 4.78 is 0. The number of nitrogens with one attached hydrogen (secondary N) is 1. The van der Waals surface area contributed by atoms with Crippen LogP contribution in [0.3, 0.4) is 0 Å². The fourth-order valence-electron chi connectivity index (χ4n) is 3.40. The molecule has 1 aliphatic carbocycles. The lowest BCUT2D eigenvalue weighted by Gasteiger charge is -2.29. The molecule has 0 bridgehead atoms. The van der Waals surface area contributed by atoms with Gasteiger partial charge in [0.1, 0.15) is 0 Å². The summed E-state index contributed by atoms with van der Waals surface area (Å²) in [7, 11) is 0. The number of carbonyl (C=O) groups is 1. The van der Waals surface area contributed by atoms with Gasteiger partial charge in [-0.05, 0) is 44.6 Å². The van der Waals surface area contributed by atoms with E-state index in [1.807, 2.05) is 0 Å². The minimum atomic E-state index is 0.363. The number of amides is 1. The second kappa shape index (κ2) is 4.02. The molecule has 4 unspecified atom stereocenters. The zero-order valence-corrected chi connectivity index (χ0v) is 10.1. The first-order valence-corrected chi connectivity index (χ1v) is 6.81. The third-order valence-electron chi connectivity index (χ3n) is 4.57. The van der Waals surface area contributed by atoms with E-state index in [1.165, 1.54) is 25.7 Å². The molecule has 0 aromatic carbocycles. The molecule has 2 heterocycles. The van der Waals surface area contributed by atoms with Gasteiger partial charge < -0.3 is 10.2 Å². The van der Waals surface area contributed by atoms with Gasteiger partial charge in [-0.25, -0.2) is 0 Å². The Morgan fingerprint density at radius 3 is 2.75 bits per heavy atom. The summed E-state index contributed by atoms with van der Waals surface area (Å²) in [5, 5.41) is 3.56. The highest BCUT2D eigenvalue weighted by Crippen LogP contribution is 2.41. The zero-order chi connectivity index (χ0) is 11.1. The number of rotatable bonds is 2. The molecule has 1 saturated carbocycles. The van der Waals surface area contributed by atoms with Crippen molar-refractivity contribution in [2.75, 3.05) is 13.1 Å². The number of hydrogen-bond acceptors (Lipinski definition) is 2. The van der Waals surface area contributed by atoms with Gasteiger partial charge in [-0.1, -0.05) is 6.92 Å². The largest absolute Gasteiger partial charge is 0.338 e. The maximum Gasteiger partial charge on any atom is 0.226 e. The molecule has 16 heavy (non-hydrogen) atoms. The lowest BCUT2D eigenvalue weighted by atomic mass is 10.0. The van der Waals surface area contributed by atoms with Crippen molar-refractivity contribution < 1.29 is 4.79 Å². The number of nitrogens with zero attached hydrogens (tertiary/aromatic N) is 1. The Bertz CT molecular complexity index is 286. The highest BCUT2D eigenvalue weighted by atomic mass is 16.2. The summed E-state index contributed by atoms with van der Waals surface area (Å²) in [4.78, 5) is 14.5. The van der Waals surface area contributed by atoms with E-state index in [-0.39, 0.29) is 0 Å². The van der Waals surface area contributed by atoms with Crippen molar-refractivity contribution in [2.24, 2.45) is 11.8 Å². The third kappa shape index (κ3) is 1.75. The van der Waals surface area contributed by atoms with Gasteiger partial charge in [-0.2, -0.15) is 0 Å². The fraction of sp³-hybridized carbons (Fsp3) is 0.923. The Morgan fingerprint density at radius 2 is 2.12 bits per heavy atom. The molecular weight excluding hydrogens is 200 g/mol. The Morgan fingerprint density at radius 1 is 1.31 bits per heavy atom. The Labute approximate surface area is 97.6 Å². The van der Waals surface area contributed by atoms with E-state index in [1.54, 1.807) is 0 Å². The molecular formula is C13H22N2O. The van der Waals surface area contributed by atoms with Gasteiger partial charge in [0.15, 0.2) is 0 Å². The number of carbonyl (C=O) groups excluding carboxylic acids is 1. The SMILES string of the molecule is CC1CC1C(=O)N1CCCC1C1CCCN1. The second-order valence-electron chi connectivity index (χ2n) is 5.76. The maximum absolute atomic E-state index is 12.3. The van der Waals surface area contributed by atoms with Crippen molar-refractivity contribution in [2.45, 2.75) is 51.1 Å². The van der Waals surface area contributed by atoms with Gasteiger partial charge >= 0.3 is 0 Å². The van der Waals surface area contributed by atoms with Gasteiger partial charge in [0.05, 0.1) is 0 Å². The smallest absolute Gasteiger partial charge is 0.226 e. The van der Waals surface area contributed by atoms with Crippen LogP contribution in [0.4, 0.5) is 0 Å². The van der Waals surface area contributed by atoms with Gasteiger partial charge in [0.2, 0.25) is 5.91 Å². The molecule has 3 heteroatoms. The second-order valence-corrected chi connectivity index (χ2v) is 5.76. The van der Waals surface area contributed by atoms with E-state index < -0.39 is 0 Å².